The SMILES string of the molecule is COc1ccc(CCc2cc(=O)c3c(o2)[C@@H]2O[C@@H]2[C@H](O)[C@@H]3Oc2c(OC)ccc3c(=O)cc(CCc4ccccc4)oc23)cc1. The Labute approximate surface area is 258 Å². The van der Waals surface area contributed by atoms with E-state index in [0.29, 0.717) is 54.1 Å². The molecule has 1 fully saturated rings. The van der Waals surface area contributed by atoms with Crippen molar-refractivity contribution in [2.24, 2.45) is 0 Å². The third kappa shape index (κ3) is 5.61. The summed E-state index contributed by atoms with van der Waals surface area (Å²) in [5, 5.41) is 11.5. The van der Waals surface area contributed by atoms with Crippen LogP contribution in [0.25, 0.3) is 11.0 Å². The van der Waals surface area contributed by atoms with Gasteiger partial charge in [0.2, 0.25) is 5.75 Å². The van der Waals surface area contributed by atoms with Crippen LogP contribution in [-0.4, -0.2) is 31.5 Å². The predicted octanol–water partition coefficient (Wildman–Crippen LogP) is 5.27. The van der Waals surface area contributed by atoms with Crippen LogP contribution in [0.1, 0.15) is 46.2 Å². The molecular formula is C36H32O9. The van der Waals surface area contributed by atoms with Crippen LogP contribution in [-0.2, 0) is 30.4 Å². The standard InChI is InChI=1S/C36H32O9/c1-40-22-12-8-21(9-13-22)11-15-24-19-27(38)29-33(30(39)35-36(45-35)34(29)43-24)44-32-28(41-2)17-16-25-26(37)18-23(42-31(25)32)14-10-20-6-4-3-5-7-20/h3-9,12-13,16-19,30,33,35-36,39H,10-11,14-15H2,1-2H3/t30-,33-,35-,36+/m1/s1. The minimum absolute atomic E-state index is 0.116. The number of aliphatic hydroxyl groups is 1. The Morgan fingerprint density at radius 2 is 1.44 bits per heavy atom. The summed E-state index contributed by atoms with van der Waals surface area (Å²) in [6, 6.07) is 23.8. The van der Waals surface area contributed by atoms with Gasteiger partial charge in [0.1, 0.15) is 41.3 Å². The van der Waals surface area contributed by atoms with Crippen molar-refractivity contribution < 1.29 is 32.9 Å². The first-order valence-electron chi connectivity index (χ1n) is 14.9. The van der Waals surface area contributed by atoms with Crippen LogP contribution in [0, 0.1) is 0 Å². The van der Waals surface area contributed by atoms with E-state index in [2.05, 4.69) is 0 Å². The molecule has 0 saturated carbocycles. The van der Waals surface area contributed by atoms with Gasteiger partial charge in [-0.1, -0.05) is 42.5 Å². The molecule has 4 atom stereocenters. The highest BCUT2D eigenvalue weighted by atomic mass is 16.6. The number of benzene rings is 3. The number of methoxy groups -OCH3 is 2. The second-order valence-electron chi connectivity index (χ2n) is 11.3. The van der Waals surface area contributed by atoms with Crippen molar-refractivity contribution >= 4 is 11.0 Å². The van der Waals surface area contributed by atoms with E-state index in [-0.39, 0.29) is 27.8 Å². The Hall–Kier alpha value is -4.86. The highest BCUT2D eigenvalue weighted by molar-refractivity contribution is 5.85. The second-order valence-corrected chi connectivity index (χ2v) is 11.3. The van der Waals surface area contributed by atoms with E-state index in [9.17, 15) is 14.7 Å². The largest absolute Gasteiger partial charge is 0.497 e. The van der Waals surface area contributed by atoms with Gasteiger partial charge < -0.3 is 32.9 Å². The fraction of sp³-hybridized carbons (Fsp3) is 0.278. The lowest BCUT2D eigenvalue weighted by atomic mass is 9.91. The first-order chi connectivity index (χ1) is 21.9. The van der Waals surface area contributed by atoms with Crippen molar-refractivity contribution in [2.45, 2.75) is 50.1 Å². The van der Waals surface area contributed by atoms with E-state index in [1.54, 1.807) is 19.2 Å². The fourth-order valence-electron chi connectivity index (χ4n) is 5.97. The van der Waals surface area contributed by atoms with Gasteiger partial charge in [-0.25, -0.2) is 0 Å². The summed E-state index contributed by atoms with van der Waals surface area (Å²) < 4.78 is 35.5. The van der Waals surface area contributed by atoms with Gasteiger partial charge in [-0.3, -0.25) is 9.59 Å². The summed E-state index contributed by atoms with van der Waals surface area (Å²) in [6.45, 7) is 0. The van der Waals surface area contributed by atoms with Crippen molar-refractivity contribution in [3.05, 3.63) is 133 Å². The predicted molar refractivity (Wildman–Crippen MR) is 165 cm³/mol. The topological polar surface area (TPSA) is 121 Å². The summed E-state index contributed by atoms with van der Waals surface area (Å²) >= 11 is 0. The summed E-state index contributed by atoms with van der Waals surface area (Å²) in [5.41, 5.74) is 1.97. The average Bonchev–Trinajstić information content (AvgIpc) is 3.87. The van der Waals surface area contributed by atoms with Crippen LogP contribution in [0.15, 0.2) is 97.3 Å². The monoisotopic (exact) mass is 608 g/mol. The third-order valence-corrected chi connectivity index (χ3v) is 8.43. The number of hydrogen-bond donors (Lipinski definition) is 1. The van der Waals surface area contributed by atoms with E-state index < -0.39 is 24.4 Å². The van der Waals surface area contributed by atoms with E-state index in [0.717, 1.165) is 16.9 Å². The quantitative estimate of drug-likeness (QED) is 0.212. The molecule has 0 bridgehead atoms. The van der Waals surface area contributed by atoms with Gasteiger partial charge in [-0.15, -0.1) is 0 Å². The molecule has 1 aliphatic carbocycles. The molecule has 2 aliphatic rings. The van der Waals surface area contributed by atoms with Gasteiger partial charge in [0.05, 0.1) is 25.2 Å². The molecule has 9 heteroatoms. The van der Waals surface area contributed by atoms with Crippen LogP contribution in [0.4, 0.5) is 0 Å². The van der Waals surface area contributed by atoms with E-state index in [1.165, 1.54) is 19.2 Å². The molecule has 0 radical (unpaired) electrons. The maximum atomic E-state index is 13.6. The molecule has 1 aliphatic heterocycles. The Morgan fingerprint density at radius 3 is 2.16 bits per heavy atom. The second kappa shape index (κ2) is 11.9. The van der Waals surface area contributed by atoms with Crippen LogP contribution < -0.4 is 25.1 Å². The highest BCUT2D eigenvalue weighted by Gasteiger charge is 2.58. The molecule has 2 aromatic heterocycles. The van der Waals surface area contributed by atoms with Crippen molar-refractivity contribution in [1.29, 1.82) is 0 Å². The molecule has 0 spiro atoms. The summed E-state index contributed by atoms with van der Waals surface area (Å²) in [5.74, 6) is 2.51. The van der Waals surface area contributed by atoms with Crippen molar-refractivity contribution in [2.75, 3.05) is 14.2 Å². The lowest BCUT2D eigenvalue weighted by molar-refractivity contribution is 0.0120. The molecule has 0 amide bonds. The molecule has 1 saturated heterocycles. The van der Waals surface area contributed by atoms with E-state index in [1.807, 2.05) is 54.6 Å². The van der Waals surface area contributed by atoms with E-state index in [4.69, 9.17) is 27.8 Å². The third-order valence-electron chi connectivity index (χ3n) is 8.43. The highest BCUT2D eigenvalue weighted by Crippen LogP contribution is 2.52. The lowest BCUT2D eigenvalue weighted by Crippen LogP contribution is -2.37. The average molecular weight is 609 g/mol. The van der Waals surface area contributed by atoms with Gasteiger partial charge in [0.15, 0.2) is 28.3 Å². The van der Waals surface area contributed by atoms with Gasteiger partial charge in [-0.2, -0.15) is 0 Å². The molecule has 3 heterocycles. The zero-order valence-electron chi connectivity index (χ0n) is 24.9. The van der Waals surface area contributed by atoms with Gasteiger partial charge in [-0.05, 0) is 48.2 Å². The smallest absolute Gasteiger partial charge is 0.205 e. The number of fused-ring (bicyclic) bond motifs is 4. The van der Waals surface area contributed by atoms with Crippen molar-refractivity contribution in [3.63, 3.8) is 0 Å². The lowest BCUT2D eigenvalue weighted by Gasteiger charge is -2.28. The maximum absolute atomic E-state index is 13.6. The maximum Gasteiger partial charge on any atom is 0.205 e. The molecule has 9 nitrogen and oxygen atoms in total. The number of ether oxygens (including phenoxy) is 4. The number of aryl methyl sites for hydroxylation is 4. The van der Waals surface area contributed by atoms with Gasteiger partial charge >= 0.3 is 0 Å². The Bertz CT molecular complexity index is 1960. The number of aliphatic hydroxyl groups excluding tert-OH is 1. The molecule has 230 valence electrons. The van der Waals surface area contributed by atoms with Crippen molar-refractivity contribution in [1.82, 2.24) is 0 Å². The molecule has 5 aromatic rings. The Kier molecular flexibility index (Phi) is 7.64. The molecule has 0 unspecified atom stereocenters. The number of rotatable bonds is 10. The zero-order valence-corrected chi connectivity index (χ0v) is 24.9. The van der Waals surface area contributed by atoms with Crippen LogP contribution in [0.3, 0.4) is 0 Å². The molecule has 3 aromatic carbocycles. The molecule has 1 N–H and O–H groups in total. The number of epoxide rings is 1. The minimum atomic E-state index is -1.16. The van der Waals surface area contributed by atoms with Crippen molar-refractivity contribution in [3.8, 4) is 17.2 Å². The van der Waals surface area contributed by atoms with Crippen LogP contribution in [0.5, 0.6) is 17.2 Å². The Balaban J connectivity index is 1.22. The number of hydrogen-bond acceptors (Lipinski definition) is 9. The molecule has 7 rings (SSSR count). The first kappa shape index (κ1) is 28.9. The Morgan fingerprint density at radius 1 is 0.756 bits per heavy atom. The van der Waals surface area contributed by atoms with Gasteiger partial charge in [0, 0.05) is 25.0 Å². The van der Waals surface area contributed by atoms with Gasteiger partial charge in [0.25, 0.3) is 0 Å². The zero-order chi connectivity index (χ0) is 31.1. The summed E-state index contributed by atoms with van der Waals surface area (Å²) in [7, 11) is 3.09. The molecular weight excluding hydrogens is 576 g/mol. The van der Waals surface area contributed by atoms with Crippen LogP contribution >= 0.6 is 0 Å². The van der Waals surface area contributed by atoms with E-state index >= 15 is 0 Å². The normalized spacial score (nSPS) is 19.9. The fourth-order valence-corrected chi connectivity index (χ4v) is 5.97. The molecule has 45 heavy (non-hydrogen) atoms. The minimum Gasteiger partial charge on any atom is -0.497 e. The van der Waals surface area contributed by atoms with Crippen LogP contribution in [0.2, 0.25) is 0 Å². The first-order valence-corrected chi connectivity index (χ1v) is 14.9. The summed E-state index contributed by atoms with van der Waals surface area (Å²) in [4.78, 5) is 26.8. The summed E-state index contributed by atoms with van der Waals surface area (Å²) in [6.07, 6.45) is -1.14.